The third-order valence-electron chi connectivity index (χ3n) is 3.94. The van der Waals surface area contributed by atoms with Gasteiger partial charge in [-0.1, -0.05) is 0 Å². The Morgan fingerprint density at radius 3 is 2.50 bits per heavy atom. The fraction of sp³-hybridized carbons (Fsp3) is 0.857. The standard InChI is InChI=1S/C14H26N2/c1-5-6-7-10-13(15-4)14(2,3)16-11-8-9-12-16/h1,13,15H,6-12H2,2-4H3. The molecule has 0 aromatic carbocycles. The van der Waals surface area contributed by atoms with Crippen molar-refractivity contribution in [2.75, 3.05) is 20.1 Å². The van der Waals surface area contributed by atoms with Gasteiger partial charge in [-0.05, 0) is 59.7 Å². The van der Waals surface area contributed by atoms with Crippen LogP contribution in [-0.4, -0.2) is 36.6 Å². The molecule has 1 saturated heterocycles. The third kappa shape index (κ3) is 3.23. The zero-order valence-electron chi connectivity index (χ0n) is 11.1. The molecule has 0 amide bonds. The summed E-state index contributed by atoms with van der Waals surface area (Å²) in [5.74, 6) is 2.73. The average molecular weight is 222 g/mol. The second-order valence-corrected chi connectivity index (χ2v) is 5.29. The van der Waals surface area contributed by atoms with E-state index in [1.54, 1.807) is 0 Å². The molecule has 0 spiro atoms. The van der Waals surface area contributed by atoms with E-state index in [1.807, 2.05) is 0 Å². The van der Waals surface area contributed by atoms with Crippen molar-refractivity contribution in [3.8, 4) is 12.3 Å². The van der Waals surface area contributed by atoms with E-state index in [9.17, 15) is 0 Å². The summed E-state index contributed by atoms with van der Waals surface area (Å²) >= 11 is 0. The van der Waals surface area contributed by atoms with Gasteiger partial charge >= 0.3 is 0 Å². The quantitative estimate of drug-likeness (QED) is 0.548. The number of nitrogens with one attached hydrogen (secondary N) is 1. The van der Waals surface area contributed by atoms with Crippen LogP contribution >= 0.6 is 0 Å². The molecular formula is C14H26N2. The molecule has 1 fully saturated rings. The molecule has 0 radical (unpaired) electrons. The average Bonchev–Trinajstić information content (AvgIpc) is 2.78. The highest BCUT2D eigenvalue weighted by molar-refractivity contribution is 4.95. The van der Waals surface area contributed by atoms with Crippen LogP contribution in [0.2, 0.25) is 0 Å². The summed E-state index contributed by atoms with van der Waals surface area (Å²) in [5.41, 5.74) is 0.250. The monoisotopic (exact) mass is 222 g/mol. The predicted molar refractivity (Wildman–Crippen MR) is 70.4 cm³/mol. The number of hydrogen-bond donors (Lipinski definition) is 1. The van der Waals surface area contributed by atoms with Gasteiger partial charge in [0.25, 0.3) is 0 Å². The van der Waals surface area contributed by atoms with Crippen LogP contribution in [0.4, 0.5) is 0 Å². The van der Waals surface area contributed by atoms with E-state index in [1.165, 1.54) is 32.4 Å². The second-order valence-electron chi connectivity index (χ2n) is 5.29. The second kappa shape index (κ2) is 6.27. The Bertz CT molecular complexity index is 234. The Hall–Kier alpha value is -0.520. The Balaban J connectivity index is 2.51. The molecule has 92 valence electrons. The van der Waals surface area contributed by atoms with Crippen LogP contribution in [-0.2, 0) is 0 Å². The summed E-state index contributed by atoms with van der Waals surface area (Å²) < 4.78 is 0. The lowest BCUT2D eigenvalue weighted by atomic mass is 9.89. The van der Waals surface area contributed by atoms with Crippen molar-refractivity contribution in [1.29, 1.82) is 0 Å². The van der Waals surface area contributed by atoms with Crippen molar-refractivity contribution in [1.82, 2.24) is 10.2 Å². The first kappa shape index (κ1) is 13.5. The number of likely N-dealkylation sites (tertiary alicyclic amines) is 1. The molecule has 0 aliphatic carbocycles. The van der Waals surface area contributed by atoms with Gasteiger partial charge in [0.2, 0.25) is 0 Å². The highest BCUT2D eigenvalue weighted by atomic mass is 15.2. The molecule has 2 nitrogen and oxygen atoms in total. The molecule has 1 unspecified atom stereocenters. The molecule has 1 atom stereocenters. The largest absolute Gasteiger partial charge is 0.315 e. The van der Waals surface area contributed by atoms with Crippen LogP contribution in [0.3, 0.4) is 0 Å². The molecule has 0 saturated carbocycles. The molecule has 1 rings (SSSR count). The normalized spacial score (nSPS) is 19.6. The lowest BCUT2D eigenvalue weighted by Gasteiger charge is -2.42. The summed E-state index contributed by atoms with van der Waals surface area (Å²) in [5, 5.41) is 3.47. The summed E-state index contributed by atoms with van der Waals surface area (Å²) in [6, 6.07) is 0.541. The number of unbranched alkanes of at least 4 members (excludes halogenated alkanes) is 1. The minimum Gasteiger partial charge on any atom is -0.315 e. The van der Waals surface area contributed by atoms with Crippen LogP contribution in [0.5, 0.6) is 0 Å². The highest BCUT2D eigenvalue weighted by Crippen LogP contribution is 2.26. The van der Waals surface area contributed by atoms with Gasteiger partial charge in [0, 0.05) is 18.0 Å². The molecule has 0 aromatic heterocycles. The molecule has 1 N–H and O–H groups in total. The van der Waals surface area contributed by atoms with Crippen LogP contribution in [0.15, 0.2) is 0 Å². The minimum atomic E-state index is 0.250. The molecule has 1 heterocycles. The molecule has 1 aliphatic rings. The van der Waals surface area contributed by atoms with E-state index in [0.29, 0.717) is 6.04 Å². The Morgan fingerprint density at radius 2 is 2.00 bits per heavy atom. The van der Waals surface area contributed by atoms with Gasteiger partial charge in [0.1, 0.15) is 0 Å². The van der Waals surface area contributed by atoms with Crippen molar-refractivity contribution in [3.05, 3.63) is 0 Å². The first-order valence-electron chi connectivity index (χ1n) is 6.48. The van der Waals surface area contributed by atoms with E-state index >= 15 is 0 Å². The zero-order valence-corrected chi connectivity index (χ0v) is 11.1. The highest BCUT2D eigenvalue weighted by Gasteiger charge is 2.35. The topological polar surface area (TPSA) is 15.3 Å². The minimum absolute atomic E-state index is 0.250. The van der Waals surface area contributed by atoms with Crippen LogP contribution in [0, 0.1) is 12.3 Å². The SMILES string of the molecule is C#CCCCC(NC)C(C)(C)N1CCCC1. The van der Waals surface area contributed by atoms with E-state index in [4.69, 9.17) is 6.42 Å². The fourth-order valence-electron chi connectivity index (χ4n) is 2.77. The van der Waals surface area contributed by atoms with E-state index in [-0.39, 0.29) is 5.54 Å². The van der Waals surface area contributed by atoms with Crippen molar-refractivity contribution < 1.29 is 0 Å². The molecule has 2 heteroatoms. The van der Waals surface area contributed by atoms with Gasteiger partial charge in [-0.25, -0.2) is 0 Å². The number of likely N-dealkylation sites (N-methyl/N-ethyl adjacent to an activating group) is 1. The first-order chi connectivity index (χ1) is 7.62. The van der Waals surface area contributed by atoms with E-state index < -0.39 is 0 Å². The zero-order chi connectivity index (χ0) is 12.0. The van der Waals surface area contributed by atoms with Crippen molar-refractivity contribution in [2.45, 2.75) is 57.5 Å². The van der Waals surface area contributed by atoms with Gasteiger partial charge in [-0.2, -0.15) is 0 Å². The lowest BCUT2D eigenvalue weighted by molar-refractivity contribution is 0.105. The smallest absolute Gasteiger partial charge is 0.0306 e. The summed E-state index contributed by atoms with van der Waals surface area (Å²) in [6.45, 7) is 7.21. The number of hydrogen-bond acceptors (Lipinski definition) is 2. The Kier molecular flexibility index (Phi) is 5.31. The molecule has 16 heavy (non-hydrogen) atoms. The van der Waals surface area contributed by atoms with Gasteiger partial charge in [-0.3, -0.25) is 4.90 Å². The van der Waals surface area contributed by atoms with Crippen molar-refractivity contribution >= 4 is 0 Å². The summed E-state index contributed by atoms with van der Waals surface area (Å²) in [4.78, 5) is 2.62. The molecular weight excluding hydrogens is 196 g/mol. The lowest BCUT2D eigenvalue weighted by Crippen LogP contribution is -2.56. The van der Waals surface area contributed by atoms with Crippen LogP contribution < -0.4 is 5.32 Å². The Labute approximate surface area is 101 Å². The van der Waals surface area contributed by atoms with Gasteiger partial charge in [0.15, 0.2) is 0 Å². The Morgan fingerprint density at radius 1 is 1.38 bits per heavy atom. The van der Waals surface area contributed by atoms with Crippen molar-refractivity contribution in [2.24, 2.45) is 0 Å². The maximum absolute atomic E-state index is 5.31. The number of nitrogens with zero attached hydrogens (tertiary/aromatic N) is 1. The molecule has 0 bridgehead atoms. The van der Waals surface area contributed by atoms with Crippen molar-refractivity contribution in [3.63, 3.8) is 0 Å². The first-order valence-corrected chi connectivity index (χ1v) is 6.48. The van der Waals surface area contributed by atoms with Crippen LogP contribution in [0.25, 0.3) is 0 Å². The maximum atomic E-state index is 5.31. The number of rotatable bonds is 6. The van der Waals surface area contributed by atoms with E-state index in [2.05, 4.69) is 37.0 Å². The number of terminal acetylenes is 1. The van der Waals surface area contributed by atoms with E-state index in [0.717, 1.165) is 12.8 Å². The summed E-state index contributed by atoms with van der Waals surface area (Å²) in [7, 11) is 2.07. The predicted octanol–water partition coefficient (Wildman–Crippen LogP) is 2.25. The van der Waals surface area contributed by atoms with Gasteiger partial charge in [-0.15, -0.1) is 12.3 Å². The van der Waals surface area contributed by atoms with Crippen LogP contribution in [0.1, 0.15) is 46.0 Å². The maximum Gasteiger partial charge on any atom is 0.0306 e. The summed E-state index contributed by atoms with van der Waals surface area (Å²) in [6.07, 6.45) is 11.2. The fourth-order valence-corrected chi connectivity index (χ4v) is 2.77. The van der Waals surface area contributed by atoms with Gasteiger partial charge in [0.05, 0.1) is 0 Å². The third-order valence-corrected chi connectivity index (χ3v) is 3.94. The van der Waals surface area contributed by atoms with Gasteiger partial charge < -0.3 is 5.32 Å². The molecule has 0 aromatic rings. The molecule has 1 aliphatic heterocycles.